The van der Waals surface area contributed by atoms with E-state index in [0.29, 0.717) is 23.4 Å². The molecule has 4 aromatic carbocycles. The second-order valence-electron chi connectivity index (χ2n) is 9.12. The van der Waals surface area contributed by atoms with Crippen molar-refractivity contribution in [2.45, 2.75) is 29.5 Å². The van der Waals surface area contributed by atoms with E-state index in [1.165, 1.54) is 0 Å². The van der Waals surface area contributed by atoms with Gasteiger partial charge in [0.1, 0.15) is 0 Å². The second-order valence-corrected chi connectivity index (χ2v) is 14.3. The Morgan fingerprint density at radius 2 is 1.28 bits per heavy atom. The van der Waals surface area contributed by atoms with E-state index >= 15 is 0 Å². The topological polar surface area (TPSA) is 85.2 Å². The molecule has 8 heteroatoms. The molecular formula is C31H34AsO6P. The summed E-state index contributed by atoms with van der Waals surface area (Å²) in [6.07, 6.45) is 0.134. The van der Waals surface area contributed by atoms with E-state index < -0.39 is 13.5 Å². The first-order chi connectivity index (χ1) is 19.0. The molecule has 39 heavy (non-hydrogen) atoms. The molecule has 0 aliphatic heterocycles. The van der Waals surface area contributed by atoms with E-state index in [4.69, 9.17) is 14.2 Å². The minimum absolute atomic E-state index is 0.255. The van der Waals surface area contributed by atoms with Crippen LogP contribution >= 0.6 is 7.37 Å². The first kappa shape index (κ1) is 29.0. The molecule has 0 spiro atoms. The number of rotatable bonds is 15. The Labute approximate surface area is 236 Å². The normalized spacial score (nSPS) is 13.6. The Morgan fingerprint density at radius 1 is 0.692 bits per heavy atom. The van der Waals surface area contributed by atoms with Crippen LogP contribution < -0.4 is 19.5 Å². The third-order valence-corrected chi connectivity index (χ3v) is 10.4. The SMILES string of the molecule is O=P(O)(COc1ccccc1)c1ccc(CC[AsH]C[C@@H](O)COc2ccc(OCc3ccccc3)cc2)cc1. The first-order valence-electron chi connectivity index (χ1n) is 12.9. The number of hydrogen-bond acceptors (Lipinski definition) is 5. The fourth-order valence-corrected chi connectivity index (χ4v) is 7.21. The van der Waals surface area contributed by atoms with Gasteiger partial charge in [0.15, 0.2) is 0 Å². The van der Waals surface area contributed by atoms with Crippen LogP contribution in [0.3, 0.4) is 0 Å². The summed E-state index contributed by atoms with van der Waals surface area (Å²) in [6.45, 7) is 0.777. The summed E-state index contributed by atoms with van der Waals surface area (Å²) in [7, 11) is -3.60. The number of para-hydroxylation sites is 1. The van der Waals surface area contributed by atoms with Crippen molar-refractivity contribution < 1.29 is 28.8 Å². The number of aryl methyl sites for hydroxylation is 1. The van der Waals surface area contributed by atoms with Gasteiger partial charge in [-0.25, -0.2) is 0 Å². The van der Waals surface area contributed by atoms with Gasteiger partial charge in [-0.3, -0.25) is 0 Å². The molecule has 4 rings (SSSR count). The maximum absolute atomic E-state index is 12.7. The summed E-state index contributed by atoms with van der Waals surface area (Å²) >= 11 is -0.337. The average molecular weight is 609 g/mol. The van der Waals surface area contributed by atoms with Crippen molar-refractivity contribution >= 4 is 28.4 Å². The third-order valence-electron chi connectivity index (χ3n) is 5.97. The van der Waals surface area contributed by atoms with Gasteiger partial charge in [0, 0.05) is 0 Å². The molecule has 0 radical (unpaired) electrons. The molecule has 204 valence electrons. The van der Waals surface area contributed by atoms with Crippen LogP contribution in [0.2, 0.25) is 10.4 Å². The van der Waals surface area contributed by atoms with Gasteiger partial charge in [-0.05, 0) is 0 Å². The van der Waals surface area contributed by atoms with Crippen molar-refractivity contribution in [2.24, 2.45) is 0 Å². The summed E-state index contributed by atoms with van der Waals surface area (Å²) in [6, 6.07) is 33.7. The molecule has 0 aromatic heterocycles. The van der Waals surface area contributed by atoms with Crippen molar-refractivity contribution in [2.75, 3.05) is 13.0 Å². The molecule has 0 saturated carbocycles. The van der Waals surface area contributed by atoms with Crippen molar-refractivity contribution in [1.29, 1.82) is 0 Å². The second kappa shape index (κ2) is 15.0. The quantitative estimate of drug-likeness (QED) is 0.106. The number of hydrogen-bond donors (Lipinski definition) is 2. The Hall–Kier alpha value is -3.01. The van der Waals surface area contributed by atoms with E-state index in [2.05, 4.69) is 0 Å². The van der Waals surface area contributed by atoms with Gasteiger partial charge in [-0.15, -0.1) is 0 Å². The predicted molar refractivity (Wildman–Crippen MR) is 157 cm³/mol. The Bertz CT molecular complexity index is 1300. The Balaban J connectivity index is 1.11. The van der Waals surface area contributed by atoms with E-state index in [-0.39, 0.29) is 28.7 Å². The zero-order valence-electron chi connectivity index (χ0n) is 21.7. The summed E-state index contributed by atoms with van der Waals surface area (Å²) in [4.78, 5) is 10.4. The fourth-order valence-electron chi connectivity index (χ4n) is 3.77. The van der Waals surface area contributed by atoms with Crippen LogP contribution in [0, 0.1) is 0 Å². The molecule has 0 aliphatic carbocycles. The molecular weight excluding hydrogens is 574 g/mol. The Kier molecular flexibility index (Phi) is 11.1. The van der Waals surface area contributed by atoms with Crippen LogP contribution in [-0.4, -0.2) is 44.8 Å². The van der Waals surface area contributed by atoms with E-state index in [1.54, 1.807) is 24.3 Å². The van der Waals surface area contributed by atoms with E-state index in [1.807, 2.05) is 84.9 Å². The summed E-state index contributed by atoms with van der Waals surface area (Å²) in [5.41, 5.74) is 2.23. The van der Waals surface area contributed by atoms with Gasteiger partial charge in [-0.2, -0.15) is 0 Å². The molecule has 2 N–H and O–H groups in total. The van der Waals surface area contributed by atoms with Gasteiger partial charge >= 0.3 is 213 Å². The first-order valence-corrected chi connectivity index (χ1v) is 17.7. The number of aliphatic hydroxyl groups excluding tert-OH is 1. The van der Waals surface area contributed by atoms with Crippen molar-refractivity contribution in [1.82, 2.24) is 0 Å². The molecule has 3 atom stereocenters. The van der Waals surface area contributed by atoms with Crippen LogP contribution in [0.1, 0.15) is 11.1 Å². The molecule has 2 unspecified atom stereocenters. The molecule has 0 amide bonds. The molecule has 6 nitrogen and oxygen atoms in total. The molecule has 0 fully saturated rings. The number of aliphatic hydroxyl groups is 1. The third kappa shape index (κ3) is 9.91. The summed E-state index contributed by atoms with van der Waals surface area (Å²) in [5.74, 6) is 2.05. The molecule has 4 aromatic rings. The van der Waals surface area contributed by atoms with Crippen LogP contribution in [-0.2, 0) is 17.6 Å². The van der Waals surface area contributed by atoms with Crippen LogP contribution in [0.15, 0.2) is 109 Å². The molecule has 0 bridgehead atoms. The molecule has 0 saturated heterocycles. The Morgan fingerprint density at radius 3 is 1.95 bits per heavy atom. The van der Waals surface area contributed by atoms with Crippen LogP contribution in [0.4, 0.5) is 0 Å². The van der Waals surface area contributed by atoms with Crippen molar-refractivity contribution in [3.05, 3.63) is 120 Å². The van der Waals surface area contributed by atoms with Gasteiger partial charge < -0.3 is 0 Å². The molecule has 0 aliphatic rings. The van der Waals surface area contributed by atoms with Crippen LogP contribution in [0.25, 0.3) is 0 Å². The summed E-state index contributed by atoms with van der Waals surface area (Å²) in [5, 5.41) is 12.5. The minimum atomic E-state index is -3.60. The van der Waals surface area contributed by atoms with Crippen molar-refractivity contribution in [3.8, 4) is 17.2 Å². The van der Waals surface area contributed by atoms with E-state index in [0.717, 1.165) is 33.7 Å². The van der Waals surface area contributed by atoms with Gasteiger partial charge in [0.2, 0.25) is 0 Å². The monoisotopic (exact) mass is 608 g/mol. The van der Waals surface area contributed by atoms with Gasteiger partial charge in [-0.1, -0.05) is 24.3 Å². The number of ether oxygens (including phenoxy) is 3. The number of benzene rings is 4. The zero-order chi connectivity index (χ0) is 27.3. The molecule has 0 heterocycles. The standard InChI is InChI=1S/C31H34AsO6P/c33-27(23-37-30-15-13-29(14-16-30)36-22-26-7-3-1-4-8-26)21-32-20-19-25-11-17-31(18-12-25)39(34,35)24-38-28-9-5-2-6-10-28/h1-18,27,32-33H,19-24H2,(H,34,35)/t27-/m1/s1. The van der Waals surface area contributed by atoms with Gasteiger partial charge in [0.25, 0.3) is 0 Å². The predicted octanol–water partition coefficient (Wildman–Crippen LogP) is 5.45. The van der Waals surface area contributed by atoms with Crippen LogP contribution in [0.5, 0.6) is 17.2 Å². The average Bonchev–Trinajstić information content (AvgIpc) is 2.98. The zero-order valence-corrected chi connectivity index (χ0v) is 24.7. The van der Waals surface area contributed by atoms with Crippen molar-refractivity contribution in [3.63, 3.8) is 0 Å². The maximum atomic E-state index is 12.7. The van der Waals surface area contributed by atoms with Gasteiger partial charge in [0.05, 0.1) is 0 Å². The van der Waals surface area contributed by atoms with E-state index in [9.17, 15) is 14.6 Å². The fraction of sp³-hybridized carbons (Fsp3) is 0.226. The summed E-state index contributed by atoms with van der Waals surface area (Å²) < 4.78 is 29.7.